The Morgan fingerprint density at radius 3 is 2.71 bits per heavy atom. The topological polar surface area (TPSA) is 67.8 Å². The molecule has 2 aromatic carbocycles. The summed E-state index contributed by atoms with van der Waals surface area (Å²) in [6, 6.07) is 10.5. The number of nitrogens with zero attached hydrogens (tertiary/aromatic N) is 1. The number of ether oxygens (including phenoxy) is 1. The molecule has 0 bridgehead atoms. The van der Waals surface area contributed by atoms with Crippen molar-refractivity contribution in [2.45, 2.75) is 18.1 Å². The van der Waals surface area contributed by atoms with Gasteiger partial charge in [-0.3, -0.25) is 9.71 Å². The van der Waals surface area contributed by atoms with Crippen molar-refractivity contribution in [2.75, 3.05) is 0 Å². The monoisotopic (exact) mass is 372 g/mol. The van der Waals surface area contributed by atoms with Gasteiger partial charge in [-0.2, -0.15) is 8.78 Å². The van der Waals surface area contributed by atoms with Gasteiger partial charge in [-0.25, -0.2) is 8.42 Å². The molecule has 9 heteroatoms. The third-order valence-corrected chi connectivity index (χ3v) is 4.94. The van der Waals surface area contributed by atoms with Crippen molar-refractivity contribution in [1.82, 2.24) is 4.72 Å². The van der Waals surface area contributed by atoms with E-state index in [0.717, 1.165) is 0 Å². The van der Waals surface area contributed by atoms with Crippen molar-refractivity contribution in [3.8, 4) is 5.75 Å². The lowest BCUT2D eigenvalue weighted by Gasteiger charge is -2.10. The average molecular weight is 373 g/mol. The summed E-state index contributed by atoms with van der Waals surface area (Å²) in [6.07, 6.45) is 0. The van der Waals surface area contributed by atoms with Crippen LogP contribution >= 0.6 is 11.6 Å². The first-order chi connectivity index (χ1) is 11.4. The number of alkyl halides is 2. The van der Waals surface area contributed by atoms with Crippen molar-refractivity contribution < 1.29 is 21.9 Å². The molecule has 0 saturated heterocycles. The summed E-state index contributed by atoms with van der Waals surface area (Å²) in [6.45, 7) is -3.06. The summed E-state index contributed by atoms with van der Waals surface area (Å²) >= 11 is 5.87. The molecule has 0 amide bonds. The van der Waals surface area contributed by atoms with E-state index in [1.165, 1.54) is 24.3 Å². The molecule has 3 rings (SSSR count). The highest BCUT2D eigenvalue weighted by atomic mass is 35.5. The van der Waals surface area contributed by atoms with Crippen molar-refractivity contribution >= 4 is 27.5 Å². The maximum absolute atomic E-state index is 12.5. The normalized spacial score (nSPS) is 16.9. The van der Waals surface area contributed by atoms with E-state index in [2.05, 4.69) is 14.5 Å². The van der Waals surface area contributed by atoms with Crippen molar-refractivity contribution in [1.29, 1.82) is 0 Å². The minimum absolute atomic E-state index is 0.0621. The van der Waals surface area contributed by atoms with Gasteiger partial charge in [0.2, 0.25) is 0 Å². The Balaban J connectivity index is 1.94. The van der Waals surface area contributed by atoms with Gasteiger partial charge in [0, 0.05) is 16.1 Å². The predicted molar refractivity (Wildman–Crippen MR) is 85.1 cm³/mol. The number of aliphatic imine (C=N–C) groups is 1. The van der Waals surface area contributed by atoms with Gasteiger partial charge in [-0.1, -0.05) is 23.7 Å². The largest absolute Gasteiger partial charge is 0.434 e. The van der Waals surface area contributed by atoms with Gasteiger partial charge in [0.05, 0.1) is 11.4 Å². The van der Waals surface area contributed by atoms with Crippen LogP contribution in [-0.2, 0) is 16.6 Å². The summed E-state index contributed by atoms with van der Waals surface area (Å²) in [5.74, 6) is 0.0847. The summed E-state index contributed by atoms with van der Waals surface area (Å²) in [5.41, 5.74) is 0.745. The molecule has 126 valence electrons. The van der Waals surface area contributed by atoms with Gasteiger partial charge < -0.3 is 4.74 Å². The number of hydrogen-bond acceptors (Lipinski definition) is 4. The molecule has 1 heterocycles. The standard InChI is InChI=1S/C15H11ClF2N2O3S/c16-10-5-6-12(23-15(17)18)9(7-10)8-19-14-11-3-1-2-4-13(11)24(21,22)20-14/h1-7,15H,8H2,(H,19,20). The van der Waals surface area contributed by atoms with Crippen molar-refractivity contribution in [3.63, 3.8) is 0 Å². The van der Waals surface area contributed by atoms with Crippen molar-refractivity contribution in [2.24, 2.45) is 4.99 Å². The molecule has 0 saturated carbocycles. The zero-order valence-corrected chi connectivity index (χ0v) is 13.6. The minimum atomic E-state index is -3.65. The molecule has 0 aliphatic carbocycles. The Morgan fingerprint density at radius 2 is 1.96 bits per heavy atom. The molecule has 0 radical (unpaired) electrons. The van der Waals surface area contributed by atoms with Gasteiger partial charge in [0.1, 0.15) is 11.6 Å². The molecule has 5 nitrogen and oxygen atoms in total. The molecule has 0 unspecified atom stereocenters. The van der Waals surface area contributed by atoms with Gasteiger partial charge in [0.25, 0.3) is 10.0 Å². The summed E-state index contributed by atoms with van der Waals surface area (Å²) in [7, 11) is -3.65. The van der Waals surface area contributed by atoms with Crippen LogP contribution in [0.15, 0.2) is 52.4 Å². The first kappa shape index (κ1) is 16.7. The van der Waals surface area contributed by atoms with Crippen LogP contribution in [0.5, 0.6) is 5.75 Å². The van der Waals surface area contributed by atoms with E-state index in [4.69, 9.17) is 11.6 Å². The van der Waals surface area contributed by atoms with Crippen LogP contribution in [0.3, 0.4) is 0 Å². The maximum atomic E-state index is 12.5. The minimum Gasteiger partial charge on any atom is -0.434 e. The number of hydrogen-bond donors (Lipinski definition) is 1. The Hall–Kier alpha value is -2.19. The fourth-order valence-electron chi connectivity index (χ4n) is 2.30. The lowest BCUT2D eigenvalue weighted by atomic mass is 10.2. The van der Waals surface area contributed by atoms with E-state index in [-0.39, 0.29) is 23.0 Å². The lowest BCUT2D eigenvalue weighted by molar-refractivity contribution is -0.0504. The Labute approximate surface area is 142 Å². The third kappa shape index (κ3) is 3.34. The first-order valence-electron chi connectivity index (χ1n) is 6.77. The summed E-state index contributed by atoms with van der Waals surface area (Å²) in [4.78, 5) is 4.31. The van der Waals surface area contributed by atoms with Gasteiger partial charge in [0.15, 0.2) is 0 Å². The Morgan fingerprint density at radius 1 is 1.21 bits per heavy atom. The first-order valence-corrected chi connectivity index (χ1v) is 8.63. The second-order valence-corrected chi connectivity index (χ2v) is 6.98. The second-order valence-electron chi connectivity index (χ2n) is 4.90. The highest BCUT2D eigenvalue weighted by molar-refractivity contribution is 7.90. The number of benzene rings is 2. The van der Waals surface area contributed by atoms with Crippen molar-refractivity contribution in [3.05, 3.63) is 58.6 Å². The summed E-state index contributed by atoms with van der Waals surface area (Å²) in [5, 5.41) is 0.333. The number of rotatable bonds is 4. The number of sulfonamides is 1. The summed E-state index contributed by atoms with van der Waals surface area (Å²) < 4.78 is 55.7. The van der Waals surface area contributed by atoms with Crippen LogP contribution in [0.1, 0.15) is 11.1 Å². The van der Waals surface area contributed by atoms with E-state index in [1.807, 2.05) is 0 Å². The molecule has 0 aromatic heterocycles. The van der Waals surface area contributed by atoms with E-state index >= 15 is 0 Å². The van der Waals surface area contributed by atoms with Gasteiger partial charge >= 0.3 is 6.61 Å². The molecule has 24 heavy (non-hydrogen) atoms. The molecule has 0 fully saturated rings. The van der Waals surface area contributed by atoms with E-state index < -0.39 is 16.6 Å². The molecule has 1 aliphatic rings. The smallest absolute Gasteiger partial charge is 0.387 e. The lowest BCUT2D eigenvalue weighted by Crippen LogP contribution is -2.22. The van der Waals surface area contributed by atoms with Gasteiger partial charge in [-0.15, -0.1) is 0 Å². The quantitative estimate of drug-likeness (QED) is 0.896. The number of nitrogens with one attached hydrogen (secondary N) is 1. The zero-order chi connectivity index (χ0) is 17.3. The van der Waals surface area contributed by atoms with Crippen LogP contribution in [0, 0.1) is 0 Å². The third-order valence-electron chi connectivity index (χ3n) is 3.31. The van der Waals surface area contributed by atoms with E-state index in [0.29, 0.717) is 16.1 Å². The Bertz CT molecular complexity index is 917. The molecule has 0 atom stereocenters. The van der Waals surface area contributed by atoms with Gasteiger partial charge in [-0.05, 0) is 30.3 Å². The zero-order valence-electron chi connectivity index (χ0n) is 12.0. The average Bonchev–Trinajstić information content (AvgIpc) is 2.79. The Kier molecular flexibility index (Phi) is 4.42. The number of amidine groups is 1. The van der Waals surface area contributed by atoms with Crippen LogP contribution in [0.4, 0.5) is 8.78 Å². The highest BCUT2D eigenvalue weighted by Crippen LogP contribution is 2.27. The maximum Gasteiger partial charge on any atom is 0.387 e. The van der Waals surface area contributed by atoms with E-state index in [9.17, 15) is 17.2 Å². The number of halogens is 3. The predicted octanol–water partition coefficient (Wildman–Crippen LogP) is 3.18. The SMILES string of the molecule is O=S1(=O)NC(=NCc2cc(Cl)ccc2OC(F)F)c2ccccc21. The molecule has 0 spiro atoms. The fraction of sp³-hybridized carbons (Fsp3) is 0.133. The molecule has 1 aliphatic heterocycles. The molecule has 1 N–H and O–H groups in total. The number of fused-ring (bicyclic) bond motifs is 1. The van der Waals surface area contributed by atoms with Crippen LogP contribution < -0.4 is 9.46 Å². The van der Waals surface area contributed by atoms with Crippen LogP contribution in [-0.4, -0.2) is 20.9 Å². The fourth-order valence-corrected chi connectivity index (χ4v) is 3.74. The molecule has 2 aromatic rings. The second kappa shape index (κ2) is 6.37. The van der Waals surface area contributed by atoms with E-state index in [1.54, 1.807) is 18.2 Å². The molecular formula is C15H11ClF2N2O3S. The van der Waals surface area contributed by atoms with Crippen LogP contribution in [0.25, 0.3) is 0 Å². The van der Waals surface area contributed by atoms with Crippen LogP contribution in [0.2, 0.25) is 5.02 Å². The highest BCUT2D eigenvalue weighted by Gasteiger charge is 2.30. The molecular weight excluding hydrogens is 362 g/mol.